The molecule has 17 nitrogen and oxygen atoms in total. The number of hydrogen-bond donors (Lipinski definition) is 5. The maximum absolute atomic E-state index is 15.4. The van der Waals surface area contributed by atoms with Crippen molar-refractivity contribution < 1.29 is 104 Å². The van der Waals surface area contributed by atoms with E-state index >= 15 is 4.39 Å². The summed E-state index contributed by atoms with van der Waals surface area (Å²) in [5, 5.41) is 47.4. The van der Waals surface area contributed by atoms with Crippen LogP contribution in [0.1, 0.15) is 185 Å². The first-order valence-corrected chi connectivity index (χ1v) is 28.6. The molecular formula is C68H75F7N2O15. The number of halogens is 7. The monoisotopic (exact) mass is 1290 g/mol. The summed E-state index contributed by atoms with van der Waals surface area (Å²) in [6.07, 6.45) is -1.82. The number of esters is 3. The number of carboxylic acids is 1. The molecule has 3 atom stereocenters. The zero-order valence-electron chi connectivity index (χ0n) is 50.3. The molecule has 24 heteroatoms. The van der Waals surface area contributed by atoms with Crippen molar-refractivity contribution in [2.45, 2.75) is 143 Å². The molecule has 0 saturated heterocycles. The zero-order chi connectivity index (χ0) is 66.5. The van der Waals surface area contributed by atoms with E-state index in [0.29, 0.717) is 61.5 Å². The van der Waals surface area contributed by atoms with E-state index in [4.69, 9.17) is 34.0 Å². The van der Waals surface area contributed by atoms with Gasteiger partial charge in [-0.2, -0.15) is 22.0 Å². The Morgan fingerprint density at radius 2 is 1.14 bits per heavy atom. The molecule has 496 valence electrons. The minimum Gasteiger partial charge on any atom is -0.508 e. The molecule has 4 heterocycles. The van der Waals surface area contributed by atoms with Gasteiger partial charge in [0.05, 0.1) is 35.5 Å². The van der Waals surface area contributed by atoms with Crippen LogP contribution in [-0.4, -0.2) is 105 Å². The number of aldehydes is 1. The molecule has 10 rings (SSSR count). The number of aromatic carboxylic acids is 1. The van der Waals surface area contributed by atoms with Crippen LogP contribution in [0.5, 0.6) is 34.5 Å². The number of phenolic OH excluding ortho intramolecular Hbond substituents is 4. The number of anilines is 2. The van der Waals surface area contributed by atoms with Gasteiger partial charge in [-0.3, -0.25) is 19.2 Å². The Labute approximate surface area is 527 Å². The molecule has 0 fully saturated rings. The Kier molecular flexibility index (Phi) is 23.4. The van der Waals surface area contributed by atoms with E-state index in [9.17, 15) is 65.6 Å². The number of carbonyl (C=O) groups excluding carboxylic acids is 5. The van der Waals surface area contributed by atoms with Crippen molar-refractivity contribution in [1.82, 2.24) is 0 Å². The number of rotatable bonds is 13. The predicted octanol–water partition coefficient (Wildman–Crippen LogP) is 14.8. The second-order valence-corrected chi connectivity index (χ2v) is 23.0. The molecule has 0 aliphatic carbocycles. The largest absolute Gasteiger partial charge is 0.508 e. The number of nitrogens with zero attached hydrogens (tertiary/aromatic N) is 2. The van der Waals surface area contributed by atoms with Gasteiger partial charge >= 0.3 is 30.1 Å². The van der Waals surface area contributed by atoms with Crippen molar-refractivity contribution in [2.75, 3.05) is 36.1 Å². The number of fused-ring (bicyclic) bond motifs is 8. The summed E-state index contributed by atoms with van der Waals surface area (Å²) in [5.74, 6) is -12.3. The maximum atomic E-state index is 15.4. The molecule has 92 heavy (non-hydrogen) atoms. The third-order valence-corrected chi connectivity index (χ3v) is 15.8. The van der Waals surface area contributed by atoms with Crippen molar-refractivity contribution in [3.63, 3.8) is 0 Å². The molecule has 5 N–H and O–H groups in total. The topological polar surface area (TPSA) is 247 Å². The van der Waals surface area contributed by atoms with Gasteiger partial charge < -0.3 is 54.3 Å². The zero-order valence-corrected chi connectivity index (χ0v) is 50.3. The lowest BCUT2D eigenvalue weighted by molar-refractivity contribution is -0.156. The number of carboxylic acid groups (broad SMARTS) is 1. The number of ether oxygens (including phenoxy) is 4. The molecule has 0 bridgehead atoms. The Hall–Kier alpha value is -9.35. The second kappa shape index (κ2) is 29.3. The normalized spacial score (nSPS) is 17.3. The summed E-state index contributed by atoms with van der Waals surface area (Å²) in [6.45, 7) is 18.7. The Bertz CT molecular complexity index is 3760. The summed E-state index contributed by atoms with van der Waals surface area (Å²) in [5.41, 5.74) is 1.86. The fourth-order valence-electron chi connectivity index (χ4n) is 12.0. The smallest absolute Gasteiger partial charge is 0.446 e. The second-order valence-electron chi connectivity index (χ2n) is 23.0. The minimum atomic E-state index is -4.64. The van der Waals surface area contributed by atoms with Crippen LogP contribution >= 0.6 is 0 Å². The minimum absolute atomic E-state index is 0. The summed E-state index contributed by atoms with van der Waals surface area (Å²) in [4.78, 5) is 73.1. The summed E-state index contributed by atoms with van der Waals surface area (Å²) in [6, 6.07) is 22.5. The fraction of sp³-hybridized carbons (Fsp3) is 0.382. The molecule has 6 aromatic rings. The van der Waals surface area contributed by atoms with Gasteiger partial charge in [-0.1, -0.05) is 71.2 Å². The SMILES string of the molecule is C.C.CCOC(=O)CCCN1c2cc(O)ccc2C(C)CC1(C)C.CCOC(=O)CCCN1c2cc3c(cc2C(C)CC1(C)C)C1(OC(=O)c2ccccc21)c1cc(F)c(O)c(F)c1O3.O=C(O)c1ccccc1C(=O)c1cc(F)c(O)c(F)c1O.O=CC(F)(F)F. The van der Waals surface area contributed by atoms with Crippen LogP contribution in [0, 0.1) is 23.3 Å². The highest BCUT2D eigenvalue weighted by molar-refractivity contribution is 6.15. The highest BCUT2D eigenvalue weighted by Gasteiger charge is 2.56. The number of phenols is 4. The lowest BCUT2D eigenvalue weighted by atomic mass is 9.74. The van der Waals surface area contributed by atoms with E-state index in [1.807, 2.05) is 25.1 Å². The first-order chi connectivity index (χ1) is 42.2. The molecule has 4 aliphatic rings. The van der Waals surface area contributed by atoms with Gasteiger partial charge in [-0.25, -0.2) is 18.4 Å². The molecule has 0 saturated carbocycles. The third kappa shape index (κ3) is 15.2. The number of hydrogen-bond acceptors (Lipinski definition) is 16. The number of aromatic hydroxyl groups is 4. The third-order valence-electron chi connectivity index (χ3n) is 15.8. The average molecular weight is 1290 g/mol. The van der Waals surface area contributed by atoms with E-state index in [-0.39, 0.29) is 78.2 Å². The van der Waals surface area contributed by atoms with Crippen LogP contribution in [0.4, 0.5) is 42.1 Å². The van der Waals surface area contributed by atoms with Crippen LogP contribution in [0.3, 0.4) is 0 Å². The molecular weight excluding hydrogens is 1220 g/mol. The lowest BCUT2D eigenvalue weighted by Crippen LogP contribution is -2.49. The van der Waals surface area contributed by atoms with E-state index in [0.717, 1.165) is 60.9 Å². The highest BCUT2D eigenvalue weighted by atomic mass is 19.4. The first kappa shape index (κ1) is 73.4. The molecule has 4 aliphatic heterocycles. The van der Waals surface area contributed by atoms with Gasteiger partial charge in [0, 0.05) is 77.2 Å². The number of carbonyl (C=O) groups is 6. The van der Waals surface area contributed by atoms with Crippen LogP contribution < -0.4 is 14.5 Å². The summed E-state index contributed by atoms with van der Waals surface area (Å²) >= 11 is 0. The summed E-state index contributed by atoms with van der Waals surface area (Å²) in [7, 11) is 0. The van der Waals surface area contributed by atoms with Crippen molar-refractivity contribution in [1.29, 1.82) is 0 Å². The van der Waals surface area contributed by atoms with Gasteiger partial charge in [-0.15, -0.1) is 0 Å². The van der Waals surface area contributed by atoms with Crippen molar-refractivity contribution >= 4 is 47.3 Å². The van der Waals surface area contributed by atoms with Crippen LogP contribution in [0.25, 0.3) is 0 Å². The van der Waals surface area contributed by atoms with E-state index in [2.05, 4.69) is 51.3 Å². The molecule has 0 aromatic heterocycles. The van der Waals surface area contributed by atoms with E-state index < -0.39 is 87.6 Å². The van der Waals surface area contributed by atoms with E-state index in [1.165, 1.54) is 17.7 Å². The summed E-state index contributed by atoms with van der Waals surface area (Å²) < 4.78 is 110. The lowest BCUT2D eigenvalue weighted by Gasteiger charge is -2.48. The Balaban J connectivity index is 0.000000256. The number of ketones is 1. The van der Waals surface area contributed by atoms with E-state index in [1.54, 1.807) is 43.3 Å². The first-order valence-electron chi connectivity index (χ1n) is 28.6. The van der Waals surface area contributed by atoms with Gasteiger partial charge in [0.2, 0.25) is 17.9 Å². The molecule has 1 spiro atoms. The van der Waals surface area contributed by atoms with Crippen molar-refractivity contribution in [2.24, 2.45) is 0 Å². The highest BCUT2D eigenvalue weighted by Crippen LogP contribution is 2.60. The van der Waals surface area contributed by atoms with Gasteiger partial charge in [0.25, 0.3) is 0 Å². The quantitative estimate of drug-likeness (QED) is 0.0237. The molecule has 3 unspecified atom stereocenters. The van der Waals surface area contributed by atoms with Gasteiger partial charge in [0.1, 0.15) is 11.5 Å². The van der Waals surface area contributed by atoms with Crippen LogP contribution in [-0.2, 0) is 34.2 Å². The Morgan fingerprint density at radius 1 is 0.641 bits per heavy atom. The predicted molar refractivity (Wildman–Crippen MR) is 327 cm³/mol. The van der Waals surface area contributed by atoms with Crippen LogP contribution in [0.15, 0.2) is 91.0 Å². The van der Waals surface area contributed by atoms with Crippen molar-refractivity contribution in [3.8, 4) is 34.5 Å². The number of alkyl halides is 3. The molecule has 0 amide bonds. The van der Waals surface area contributed by atoms with Gasteiger partial charge in [-0.05, 0) is 127 Å². The van der Waals surface area contributed by atoms with Crippen LogP contribution in [0.2, 0.25) is 0 Å². The number of benzene rings is 6. The molecule has 6 aromatic carbocycles. The molecule has 0 radical (unpaired) electrons. The fourth-order valence-corrected chi connectivity index (χ4v) is 12.0. The average Bonchev–Trinajstić information content (AvgIpc) is 1.37. The van der Waals surface area contributed by atoms with Gasteiger partial charge in [0.15, 0.2) is 46.0 Å². The van der Waals surface area contributed by atoms with Crippen molar-refractivity contribution in [3.05, 3.63) is 164 Å². The Morgan fingerprint density at radius 3 is 1.68 bits per heavy atom. The standard InChI is InChI=1S/C32H31F2NO6.C18H27NO3.C14H8F2O5.C2HF3O.2CH4/c1-5-39-26(36)11-8-12-35-24-15-25-21(13-19(24)17(2)16-31(35,3)4)32(20-10-7-6-9-18(20)30(38)41-32)22-14-23(33)28(37)27(34)29(22)40-25;1-5-22-17(21)7-6-10-19-16-11-14(20)8-9-15(16)13(2)12-18(19,3)4;15-9-5-8(12(18)10(16)13(9)19)11(17)6-3-1-2-4-7(6)14(20)21;3-2(4,5)1-6;;/h6-7,9-10,13-15,17,37H,5,8,11-12,16H2,1-4H3;8-9,11,13,20H,5-7,10,12H2,1-4H3;1-5,18-19H,(H,20,21);1H;2*1H4. The maximum Gasteiger partial charge on any atom is 0.446 e.